The third kappa shape index (κ3) is 33.8. The zero-order valence-corrected chi connectivity index (χ0v) is 41.2. The van der Waals surface area contributed by atoms with Gasteiger partial charge in [-0.1, -0.05) is 169 Å². The Morgan fingerprint density at radius 2 is 0.934 bits per heavy atom. The van der Waals surface area contributed by atoms with Crippen LogP contribution < -0.4 is 4.90 Å². The van der Waals surface area contributed by atoms with Gasteiger partial charge in [0.2, 0.25) is 0 Å². The van der Waals surface area contributed by atoms with Crippen LogP contribution in [0.5, 0.6) is 0 Å². The van der Waals surface area contributed by atoms with Crippen LogP contribution in [0, 0.1) is 11.8 Å². The van der Waals surface area contributed by atoms with Crippen molar-refractivity contribution in [1.82, 2.24) is 4.98 Å². The summed E-state index contributed by atoms with van der Waals surface area (Å²) in [6.07, 6.45) is 36.4. The molecular weight excluding hydrogens is 785 g/mol. The van der Waals surface area contributed by atoms with E-state index < -0.39 is 6.16 Å². The first-order chi connectivity index (χ1) is 29.7. The van der Waals surface area contributed by atoms with Crippen LogP contribution in [0.4, 0.5) is 9.93 Å². The van der Waals surface area contributed by atoms with Crippen molar-refractivity contribution in [3.8, 4) is 0 Å². The Balaban J connectivity index is 2.39. The zero-order chi connectivity index (χ0) is 44.6. The van der Waals surface area contributed by atoms with Crippen molar-refractivity contribution in [1.29, 1.82) is 0 Å². The number of nitrogens with zero attached hydrogens (tertiary/aromatic N) is 2. The van der Waals surface area contributed by atoms with Crippen LogP contribution >= 0.6 is 11.3 Å². The molecule has 0 spiro atoms. The van der Waals surface area contributed by atoms with E-state index >= 15 is 0 Å². The first kappa shape index (κ1) is 56.7. The lowest BCUT2D eigenvalue weighted by Crippen LogP contribution is -2.20. The van der Waals surface area contributed by atoms with Crippen molar-refractivity contribution in [3.05, 3.63) is 11.1 Å². The van der Waals surface area contributed by atoms with Crippen LogP contribution in [0.3, 0.4) is 0 Å². The van der Waals surface area contributed by atoms with Crippen LogP contribution in [0.15, 0.2) is 6.20 Å². The quantitative estimate of drug-likeness (QED) is 0.0360. The molecule has 0 fully saturated rings. The Morgan fingerprint density at radius 1 is 0.525 bits per heavy atom. The van der Waals surface area contributed by atoms with E-state index in [0.717, 1.165) is 99.9 Å². The molecular formula is C51H94N2O7S. The monoisotopic (exact) mass is 879 g/mol. The molecule has 0 saturated carbocycles. The van der Waals surface area contributed by atoms with Crippen molar-refractivity contribution in [2.75, 3.05) is 38.8 Å². The summed E-state index contributed by atoms with van der Waals surface area (Å²) >= 11 is 1.60. The minimum Gasteiger partial charge on any atom is -0.466 e. The molecule has 0 saturated heterocycles. The summed E-state index contributed by atoms with van der Waals surface area (Å²) in [5, 5.41) is 0.932. The van der Waals surface area contributed by atoms with Crippen LogP contribution in [0.1, 0.15) is 238 Å². The molecule has 0 unspecified atom stereocenters. The highest BCUT2D eigenvalue weighted by Gasteiger charge is 2.17. The van der Waals surface area contributed by atoms with Gasteiger partial charge in [-0.2, -0.15) is 0 Å². The number of hydrogen-bond donors (Lipinski definition) is 0. The summed E-state index contributed by atoms with van der Waals surface area (Å²) in [5.74, 6) is 1.24. The van der Waals surface area contributed by atoms with Gasteiger partial charge in [0, 0.05) is 44.4 Å². The fourth-order valence-electron chi connectivity index (χ4n) is 8.05. The molecule has 0 amide bonds. The number of hydrogen-bond acceptors (Lipinski definition) is 10. The largest absolute Gasteiger partial charge is 0.508 e. The summed E-state index contributed by atoms with van der Waals surface area (Å²) in [7, 11) is 3.93. The molecule has 1 aromatic rings. The number of anilines is 1. The first-order valence-corrected chi connectivity index (χ1v) is 26.3. The third-order valence-electron chi connectivity index (χ3n) is 12.0. The molecule has 1 aromatic heterocycles. The Labute approximate surface area is 379 Å². The fourth-order valence-corrected chi connectivity index (χ4v) is 8.86. The smallest absolute Gasteiger partial charge is 0.466 e. The minimum atomic E-state index is -0.596. The highest BCUT2D eigenvalue weighted by Crippen LogP contribution is 2.24. The van der Waals surface area contributed by atoms with Gasteiger partial charge in [0.1, 0.15) is 6.10 Å². The Bertz CT molecular complexity index is 1100. The Morgan fingerprint density at radius 3 is 1.34 bits per heavy atom. The normalized spacial score (nSPS) is 11.5. The van der Waals surface area contributed by atoms with Crippen molar-refractivity contribution < 1.29 is 33.3 Å². The molecule has 0 bridgehead atoms. The number of unbranched alkanes of at least 4 members (excludes halogenated alkanes) is 16. The average molecular weight is 879 g/mol. The summed E-state index contributed by atoms with van der Waals surface area (Å²) in [6, 6.07) is 0. The van der Waals surface area contributed by atoms with E-state index in [9.17, 15) is 14.4 Å². The molecule has 10 heteroatoms. The van der Waals surface area contributed by atoms with Gasteiger partial charge >= 0.3 is 18.1 Å². The molecule has 0 aliphatic carbocycles. The second-order valence-corrected chi connectivity index (χ2v) is 19.0. The molecule has 9 nitrogen and oxygen atoms in total. The van der Waals surface area contributed by atoms with E-state index in [-0.39, 0.29) is 24.6 Å². The van der Waals surface area contributed by atoms with Gasteiger partial charge in [0.15, 0.2) is 5.13 Å². The molecule has 0 radical (unpaired) electrons. The lowest BCUT2D eigenvalue weighted by atomic mass is 9.92. The molecule has 1 heterocycles. The molecule has 1 rings (SSSR count). The Hall–Kier alpha value is -2.36. The SMILES string of the molecule is CCCCCC(CCCCC)CCOC(=O)CCCCCCCC(CCCCCCCC(=O)OCCC(CCCCC)CCCCC)OC(=O)OCCc1cnc(N(C)C)s1. The maximum atomic E-state index is 12.7. The van der Waals surface area contributed by atoms with Crippen molar-refractivity contribution in [2.24, 2.45) is 11.8 Å². The molecule has 0 aliphatic heterocycles. The van der Waals surface area contributed by atoms with Gasteiger partial charge in [-0.05, 0) is 63.2 Å². The number of rotatable bonds is 43. The number of esters is 2. The highest BCUT2D eigenvalue weighted by atomic mass is 32.1. The van der Waals surface area contributed by atoms with Gasteiger partial charge in [0.05, 0.1) is 19.8 Å². The first-order valence-electron chi connectivity index (χ1n) is 25.5. The zero-order valence-electron chi connectivity index (χ0n) is 40.4. The average Bonchev–Trinajstić information content (AvgIpc) is 3.72. The predicted molar refractivity (Wildman–Crippen MR) is 256 cm³/mol. The second kappa shape index (κ2) is 40.4. The third-order valence-corrected chi connectivity index (χ3v) is 13.2. The summed E-state index contributed by atoms with van der Waals surface area (Å²) < 4.78 is 22.7. The second-order valence-electron chi connectivity index (χ2n) is 17.9. The molecule has 61 heavy (non-hydrogen) atoms. The molecule has 0 atom stereocenters. The number of carbonyl (C=O) groups is 3. The molecule has 356 valence electrons. The molecule has 0 aromatic carbocycles. The van der Waals surface area contributed by atoms with Crippen molar-refractivity contribution in [2.45, 2.75) is 246 Å². The summed E-state index contributed by atoms with van der Waals surface area (Å²) in [6.45, 7) is 10.4. The van der Waals surface area contributed by atoms with E-state index in [0.29, 0.717) is 44.3 Å². The van der Waals surface area contributed by atoms with Gasteiger partial charge in [-0.3, -0.25) is 9.59 Å². The minimum absolute atomic E-state index is 0.0593. The topological polar surface area (TPSA) is 104 Å². The van der Waals surface area contributed by atoms with E-state index in [2.05, 4.69) is 32.7 Å². The maximum absolute atomic E-state index is 12.7. The standard InChI is InChI=1S/C51H94N2O7S/c1-7-11-21-29-44(30-22-12-8-2)37-40-57-48(54)35-27-19-15-17-25-33-46(60-51(56)59-42-39-47-43-52-50(61-47)53(5)6)34-26-18-16-20-28-36-49(55)58-41-38-45(31-23-13-9-3)32-24-14-10-4/h43-46H,7-42H2,1-6H3. The fraction of sp³-hybridized carbons (Fsp3) is 0.882. The maximum Gasteiger partial charge on any atom is 0.508 e. The highest BCUT2D eigenvalue weighted by molar-refractivity contribution is 7.15. The molecule has 0 aliphatic rings. The van der Waals surface area contributed by atoms with E-state index in [1.807, 2.05) is 25.2 Å². The van der Waals surface area contributed by atoms with Gasteiger partial charge in [-0.15, -0.1) is 11.3 Å². The number of ether oxygens (including phenoxy) is 4. The summed E-state index contributed by atoms with van der Waals surface area (Å²) in [4.78, 5) is 45.1. The predicted octanol–water partition coefficient (Wildman–Crippen LogP) is 15.2. The lowest BCUT2D eigenvalue weighted by Gasteiger charge is -2.18. The lowest BCUT2D eigenvalue weighted by molar-refractivity contribution is -0.145. The summed E-state index contributed by atoms with van der Waals surface area (Å²) in [5.41, 5.74) is 0. The molecule has 0 N–H and O–H groups in total. The Kier molecular flexibility index (Phi) is 37.5. The number of thiazole rings is 1. The van der Waals surface area contributed by atoms with E-state index in [4.69, 9.17) is 18.9 Å². The number of aromatic nitrogens is 1. The van der Waals surface area contributed by atoms with Crippen molar-refractivity contribution in [3.63, 3.8) is 0 Å². The van der Waals surface area contributed by atoms with E-state index in [1.54, 1.807) is 11.3 Å². The van der Waals surface area contributed by atoms with Crippen LogP contribution in [0.25, 0.3) is 0 Å². The number of carbonyl (C=O) groups excluding carboxylic acids is 3. The van der Waals surface area contributed by atoms with Crippen molar-refractivity contribution >= 4 is 34.6 Å². The van der Waals surface area contributed by atoms with Gasteiger partial charge < -0.3 is 23.8 Å². The van der Waals surface area contributed by atoms with E-state index in [1.165, 1.54) is 103 Å². The van der Waals surface area contributed by atoms with Gasteiger partial charge in [-0.25, -0.2) is 9.78 Å². The van der Waals surface area contributed by atoms with Crippen LogP contribution in [-0.4, -0.2) is 63.1 Å². The van der Waals surface area contributed by atoms with Gasteiger partial charge in [0.25, 0.3) is 0 Å². The van der Waals surface area contributed by atoms with Crippen LogP contribution in [0.2, 0.25) is 0 Å². The van der Waals surface area contributed by atoms with Crippen LogP contribution in [-0.2, 0) is 35.0 Å².